The van der Waals surface area contributed by atoms with Crippen molar-refractivity contribution in [2.45, 2.75) is 13.2 Å². The summed E-state index contributed by atoms with van der Waals surface area (Å²) in [7, 11) is 3.29. The predicted octanol–water partition coefficient (Wildman–Crippen LogP) is 2.78. The molecule has 0 aliphatic carbocycles. The van der Waals surface area contributed by atoms with Gasteiger partial charge in [0.25, 0.3) is 0 Å². The fourth-order valence-electron chi connectivity index (χ4n) is 1.79. The third-order valence-corrected chi connectivity index (χ3v) is 3.61. The third-order valence-electron chi connectivity index (χ3n) is 2.75. The molecule has 20 heavy (non-hydrogen) atoms. The second-order valence-corrected chi connectivity index (χ2v) is 5.05. The van der Waals surface area contributed by atoms with Crippen LogP contribution in [0.2, 0.25) is 0 Å². The molecule has 1 aromatic heterocycles. The lowest BCUT2D eigenvalue weighted by Gasteiger charge is -2.09. The van der Waals surface area contributed by atoms with Gasteiger partial charge in [0, 0.05) is 19.8 Å². The summed E-state index contributed by atoms with van der Waals surface area (Å²) < 4.78 is 10.9. The summed E-state index contributed by atoms with van der Waals surface area (Å²) in [5.41, 5.74) is 8.63. The molecule has 0 spiro atoms. The van der Waals surface area contributed by atoms with Crippen LogP contribution in [0.3, 0.4) is 0 Å². The topological polar surface area (TPSA) is 70.3 Å². The molecule has 1 heterocycles. The second-order valence-electron chi connectivity index (χ2n) is 4.26. The number of methoxy groups -OCH3 is 2. The van der Waals surface area contributed by atoms with E-state index in [1.807, 2.05) is 24.3 Å². The first-order chi connectivity index (χ1) is 9.65. The van der Waals surface area contributed by atoms with E-state index < -0.39 is 0 Å². The fourth-order valence-corrected chi connectivity index (χ4v) is 2.08. The summed E-state index contributed by atoms with van der Waals surface area (Å²) in [5.74, 6) is 0.990. The van der Waals surface area contributed by atoms with Crippen molar-refractivity contribution in [3.63, 3.8) is 0 Å². The van der Waals surface area contributed by atoms with E-state index in [4.69, 9.17) is 15.2 Å². The van der Waals surface area contributed by atoms with E-state index in [0.29, 0.717) is 29.3 Å². The van der Waals surface area contributed by atoms with Crippen LogP contribution in [0.5, 0.6) is 0 Å². The average Bonchev–Trinajstić information content (AvgIpc) is 2.45. The standard InChI is InChI=1S/C14H16BrN3O2/c1-19-7-9-3-5-10(6-4-9)14-17-11(8-20-2)12(15)13(16)18-14/h3-6H,7-8H2,1-2H3,(H2,16,17,18). The number of rotatable bonds is 5. The predicted molar refractivity (Wildman–Crippen MR) is 81.0 cm³/mol. The van der Waals surface area contributed by atoms with Gasteiger partial charge in [-0.15, -0.1) is 0 Å². The van der Waals surface area contributed by atoms with Crippen molar-refractivity contribution >= 4 is 21.7 Å². The van der Waals surface area contributed by atoms with Gasteiger partial charge in [0.1, 0.15) is 5.82 Å². The van der Waals surface area contributed by atoms with Crippen molar-refractivity contribution in [3.8, 4) is 11.4 Å². The van der Waals surface area contributed by atoms with Crippen molar-refractivity contribution in [3.05, 3.63) is 40.0 Å². The third kappa shape index (κ3) is 3.33. The molecule has 106 valence electrons. The molecule has 0 aliphatic rings. The lowest BCUT2D eigenvalue weighted by Crippen LogP contribution is -2.03. The number of nitrogen functional groups attached to an aromatic ring is 1. The lowest BCUT2D eigenvalue weighted by molar-refractivity contribution is 0.181. The monoisotopic (exact) mass is 337 g/mol. The van der Waals surface area contributed by atoms with E-state index in [9.17, 15) is 0 Å². The van der Waals surface area contributed by atoms with E-state index in [2.05, 4.69) is 25.9 Å². The molecule has 2 N–H and O–H groups in total. The molecule has 6 heteroatoms. The summed E-state index contributed by atoms with van der Waals surface area (Å²) in [4.78, 5) is 8.77. The van der Waals surface area contributed by atoms with Crippen molar-refractivity contribution in [2.75, 3.05) is 20.0 Å². The van der Waals surface area contributed by atoms with E-state index >= 15 is 0 Å². The number of nitrogens with two attached hydrogens (primary N) is 1. The highest BCUT2D eigenvalue weighted by molar-refractivity contribution is 9.10. The van der Waals surface area contributed by atoms with Gasteiger partial charge < -0.3 is 15.2 Å². The van der Waals surface area contributed by atoms with E-state index in [0.717, 1.165) is 16.8 Å². The van der Waals surface area contributed by atoms with Gasteiger partial charge in [0.05, 0.1) is 23.4 Å². The molecule has 0 saturated carbocycles. The zero-order chi connectivity index (χ0) is 14.5. The Morgan fingerprint density at radius 2 is 1.70 bits per heavy atom. The van der Waals surface area contributed by atoms with Gasteiger partial charge in [-0.2, -0.15) is 0 Å². The molecule has 0 radical (unpaired) electrons. The molecule has 1 aromatic carbocycles. The van der Waals surface area contributed by atoms with Gasteiger partial charge >= 0.3 is 0 Å². The van der Waals surface area contributed by atoms with Crippen LogP contribution in [0, 0.1) is 0 Å². The number of hydrogen-bond donors (Lipinski definition) is 1. The van der Waals surface area contributed by atoms with Gasteiger partial charge in [-0.05, 0) is 21.5 Å². The van der Waals surface area contributed by atoms with Crippen LogP contribution < -0.4 is 5.73 Å². The normalized spacial score (nSPS) is 10.8. The Hall–Kier alpha value is -1.50. The number of ether oxygens (including phenoxy) is 2. The summed E-state index contributed by atoms with van der Waals surface area (Å²) in [6.45, 7) is 0.959. The highest BCUT2D eigenvalue weighted by Gasteiger charge is 2.11. The van der Waals surface area contributed by atoms with Crippen LogP contribution in [0.25, 0.3) is 11.4 Å². The van der Waals surface area contributed by atoms with Crippen LogP contribution in [0.4, 0.5) is 5.82 Å². The van der Waals surface area contributed by atoms with Gasteiger partial charge in [0.2, 0.25) is 0 Å². The summed E-state index contributed by atoms with van der Waals surface area (Å²) in [6.07, 6.45) is 0. The summed E-state index contributed by atoms with van der Waals surface area (Å²) >= 11 is 3.37. The number of anilines is 1. The van der Waals surface area contributed by atoms with E-state index in [1.54, 1.807) is 14.2 Å². The second kappa shape index (κ2) is 6.78. The van der Waals surface area contributed by atoms with Gasteiger partial charge in [0.15, 0.2) is 5.82 Å². The fraction of sp³-hybridized carbons (Fsp3) is 0.286. The molecule has 0 bridgehead atoms. The van der Waals surface area contributed by atoms with Crippen molar-refractivity contribution in [1.29, 1.82) is 0 Å². The van der Waals surface area contributed by atoms with Crippen molar-refractivity contribution < 1.29 is 9.47 Å². The molecule has 0 unspecified atom stereocenters. The maximum absolute atomic E-state index is 5.89. The molecule has 2 rings (SSSR count). The minimum atomic E-state index is 0.377. The molecule has 0 aliphatic heterocycles. The minimum absolute atomic E-state index is 0.377. The lowest BCUT2D eigenvalue weighted by atomic mass is 10.1. The van der Waals surface area contributed by atoms with Crippen LogP contribution in [-0.4, -0.2) is 24.2 Å². The minimum Gasteiger partial charge on any atom is -0.383 e. The first kappa shape index (κ1) is 14.9. The molecule has 0 atom stereocenters. The van der Waals surface area contributed by atoms with Crippen LogP contribution in [-0.2, 0) is 22.7 Å². The largest absolute Gasteiger partial charge is 0.383 e. The van der Waals surface area contributed by atoms with Crippen molar-refractivity contribution in [1.82, 2.24) is 9.97 Å². The number of aromatic nitrogens is 2. The maximum atomic E-state index is 5.89. The quantitative estimate of drug-likeness (QED) is 0.908. The Kier molecular flexibility index (Phi) is 5.05. The number of halogens is 1. The molecule has 0 saturated heterocycles. The molecular weight excluding hydrogens is 322 g/mol. The van der Waals surface area contributed by atoms with Crippen molar-refractivity contribution in [2.24, 2.45) is 0 Å². The highest BCUT2D eigenvalue weighted by atomic mass is 79.9. The highest BCUT2D eigenvalue weighted by Crippen LogP contribution is 2.25. The van der Waals surface area contributed by atoms with Gasteiger partial charge in [-0.1, -0.05) is 24.3 Å². The molecule has 0 fully saturated rings. The zero-order valence-corrected chi connectivity index (χ0v) is 13.0. The Balaban J connectivity index is 2.36. The summed E-state index contributed by atoms with van der Waals surface area (Å²) in [6, 6.07) is 7.87. The van der Waals surface area contributed by atoms with Crippen LogP contribution in [0.1, 0.15) is 11.3 Å². The SMILES string of the molecule is COCc1ccc(-c2nc(N)c(Br)c(COC)n2)cc1. The molecule has 0 amide bonds. The maximum Gasteiger partial charge on any atom is 0.161 e. The first-order valence-electron chi connectivity index (χ1n) is 6.04. The van der Waals surface area contributed by atoms with Gasteiger partial charge in [-0.25, -0.2) is 9.97 Å². The number of hydrogen-bond acceptors (Lipinski definition) is 5. The van der Waals surface area contributed by atoms with E-state index in [1.165, 1.54) is 0 Å². The average molecular weight is 338 g/mol. The summed E-state index contributed by atoms with van der Waals surface area (Å²) in [5, 5.41) is 0. The number of benzene rings is 1. The Labute approximate surface area is 126 Å². The Morgan fingerprint density at radius 3 is 2.30 bits per heavy atom. The van der Waals surface area contributed by atoms with Crippen LogP contribution >= 0.6 is 15.9 Å². The first-order valence-corrected chi connectivity index (χ1v) is 6.84. The smallest absolute Gasteiger partial charge is 0.161 e. The molecule has 2 aromatic rings. The van der Waals surface area contributed by atoms with Crippen LogP contribution in [0.15, 0.2) is 28.7 Å². The Morgan fingerprint density at radius 1 is 1.05 bits per heavy atom. The Bertz CT molecular complexity index is 588. The number of nitrogens with zero attached hydrogens (tertiary/aromatic N) is 2. The zero-order valence-electron chi connectivity index (χ0n) is 11.4. The van der Waals surface area contributed by atoms with E-state index in [-0.39, 0.29) is 0 Å². The molecular formula is C14H16BrN3O2. The van der Waals surface area contributed by atoms with Gasteiger partial charge in [-0.3, -0.25) is 0 Å². The molecule has 5 nitrogen and oxygen atoms in total.